The summed E-state index contributed by atoms with van der Waals surface area (Å²) in [7, 11) is 2.44. The first kappa shape index (κ1) is 19.6. The Morgan fingerprint density at radius 2 is 1.83 bits per heavy atom. The molecular weight excluding hydrogens is 297 g/mol. The first-order valence-corrected chi connectivity index (χ1v) is 7.44. The number of aliphatic hydroxyl groups is 1. The highest BCUT2D eigenvalue weighted by atomic mass is 16.5. The predicted octanol–water partition coefficient (Wildman–Crippen LogP) is 0.700. The Morgan fingerprint density at radius 3 is 2.26 bits per heavy atom. The molecule has 0 spiro atoms. The van der Waals surface area contributed by atoms with E-state index in [4.69, 9.17) is 9.76 Å². The van der Waals surface area contributed by atoms with Crippen molar-refractivity contribution < 1.29 is 24.7 Å². The molecule has 0 amide bonds. The Bertz CT molecular complexity index is 566. The van der Waals surface area contributed by atoms with E-state index in [1.165, 1.54) is 12.1 Å². The van der Waals surface area contributed by atoms with Gasteiger partial charge in [-0.1, -0.05) is 6.07 Å². The molecule has 0 aromatic heterocycles. The molecule has 0 radical (unpaired) electrons. The summed E-state index contributed by atoms with van der Waals surface area (Å²) in [5, 5.41) is 29.7. The topological polar surface area (TPSA) is 90.2 Å². The van der Waals surface area contributed by atoms with Gasteiger partial charge in [-0.25, -0.2) is 4.79 Å². The minimum atomic E-state index is -1.27. The van der Waals surface area contributed by atoms with E-state index < -0.39 is 24.3 Å². The zero-order valence-corrected chi connectivity index (χ0v) is 14.6. The van der Waals surface area contributed by atoms with Crippen LogP contribution >= 0.6 is 0 Å². The van der Waals surface area contributed by atoms with Crippen LogP contribution in [0.4, 0.5) is 0 Å². The fraction of sp³-hybridized carbons (Fsp3) is 0.562. The molecule has 0 heterocycles. The van der Waals surface area contributed by atoms with Crippen molar-refractivity contribution >= 4 is 18.6 Å². The molecule has 0 aliphatic carbocycles. The van der Waals surface area contributed by atoms with E-state index in [0.717, 1.165) is 0 Å². The molecule has 0 unspecified atom stereocenters. The number of benzene rings is 1. The molecule has 1 aromatic rings. The third-order valence-corrected chi connectivity index (χ3v) is 4.02. The van der Waals surface area contributed by atoms with E-state index in [2.05, 4.69) is 0 Å². The summed E-state index contributed by atoms with van der Waals surface area (Å²) in [4.78, 5) is 13.0. The van der Waals surface area contributed by atoms with Gasteiger partial charge in [0.1, 0.15) is 0 Å². The average molecular weight is 323 g/mol. The van der Waals surface area contributed by atoms with Gasteiger partial charge in [0.25, 0.3) is 0 Å². The lowest BCUT2D eigenvalue weighted by atomic mass is 9.73. The molecule has 0 bridgehead atoms. The smallest absolute Gasteiger partial charge is 0.478 e. The number of nitrogens with zero attached hydrogens (tertiary/aromatic N) is 1. The van der Waals surface area contributed by atoms with Crippen molar-refractivity contribution in [1.29, 1.82) is 0 Å². The number of rotatable bonds is 7. The summed E-state index contributed by atoms with van der Waals surface area (Å²) in [5.74, 6) is -1.02. The Hall–Kier alpha value is -1.41. The van der Waals surface area contributed by atoms with Gasteiger partial charge in [0.05, 0.1) is 16.8 Å². The normalized spacial score (nSPS) is 12.6. The fourth-order valence-corrected chi connectivity index (χ4v) is 1.94. The highest BCUT2D eigenvalue weighted by molar-refractivity contribution is 6.60. The maximum atomic E-state index is 11.1. The molecule has 0 aliphatic rings. The van der Waals surface area contributed by atoms with Gasteiger partial charge in [-0.15, -0.1) is 0 Å². The third-order valence-electron chi connectivity index (χ3n) is 4.02. The maximum absolute atomic E-state index is 11.1. The summed E-state index contributed by atoms with van der Waals surface area (Å²) in [6.45, 7) is 7.04. The second-order valence-electron chi connectivity index (χ2n) is 7.00. The summed E-state index contributed by atoms with van der Waals surface area (Å²) in [6.07, 6.45) is 0. The monoisotopic (exact) mass is 323 g/mol. The Kier molecular flexibility index (Phi) is 5.98. The second kappa shape index (κ2) is 7.01. The largest absolute Gasteiger partial charge is 0.491 e. The van der Waals surface area contributed by atoms with Crippen molar-refractivity contribution in [3.8, 4) is 0 Å². The maximum Gasteiger partial charge on any atom is 0.491 e. The molecule has 6 nitrogen and oxygen atoms in total. The molecule has 128 valence electrons. The minimum Gasteiger partial charge on any atom is -0.478 e. The van der Waals surface area contributed by atoms with E-state index in [1.807, 2.05) is 19.0 Å². The number of carbonyl (C=O) groups is 1. The van der Waals surface area contributed by atoms with Crippen molar-refractivity contribution in [2.75, 3.05) is 14.1 Å². The molecule has 0 saturated carbocycles. The first-order valence-electron chi connectivity index (χ1n) is 7.44. The molecule has 1 aromatic carbocycles. The second-order valence-corrected chi connectivity index (χ2v) is 7.00. The van der Waals surface area contributed by atoms with Gasteiger partial charge < -0.3 is 24.8 Å². The fourth-order valence-electron chi connectivity index (χ4n) is 1.94. The van der Waals surface area contributed by atoms with Gasteiger partial charge in [-0.2, -0.15) is 0 Å². The van der Waals surface area contributed by atoms with Crippen LogP contribution in [0.25, 0.3) is 0 Å². The number of carboxylic acid groups (broad SMARTS) is 1. The van der Waals surface area contributed by atoms with E-state index in [1.54, 1.807) is 33.8 Å². The summed E-state index contributed by atoms with van der Waals surface area (Å²) in [5.41, 5.74) is -0.848. The van der Waals surface area contributed by atoms with Crippen molar-refractivity contribution in [2.45, 2.75) is 45.4 Å². The highest BCUT2D eigenvalue weighted by Gasteiger charge is 2.40. The van der Waals surface area contributed by atoms with Crippen LogP contribution in [0.3, 0.4) is 0 Å². The molecule has 7 heteroatoms. The van der Waals surface area contributed by atoms with Crippen LogP contribution in [0.1, 0.15) is 43.6 Å². The number of aromatic carboxylic acids is 1. The summed E-state index contributed by atoms with van der Waals surface area (Å²) < 4.78 is 5.65. The lowest BCUT2D eigenvalue weighted by Crippen LogP contribution is -2.53. The van der Waals surface area contributed by atoms with Gasteiger partial charge >= 0.3 is 13.1 Å². The summed E-state index contributed by atoms with van der Waals surface area (Å²) >= 11 is 0. The van der Waals surface area contributed by atoms with Gasteiger partial charge in [-0.3, -0.25) is 0 Å². The molecule has 0 fully saturated rings. The van der Waals surface area contributed by atoms with Crippen molar-refractivity contribution in [3.63, 3.8) is 0 Å². The quantitative estimate of drug-likeness (QED) is 0.640. The van der Waals surface area contributed by atoms with Gasteiger partial charge in [0, 0.05) is 6.54 Å². The molecule has 0 saturated heterocycles. The molecule has 0 aliphatic heterocycles. The standard InChI is InChI=1S/C16H26BNO5/c1-15(2,21)16(3,4)23-17(22)13-8-7-11(14(19)20)9-12(13)10-18(5)6/h7-9,21-22H,10H2,1-6H3,(H,19,20). The lowest BCUT2D eigenvalue weighted by molar-refractivity contribution is -0.0982. The highest BCUT2D eigenvalue weighted by Crippen LogP contribution is 2.25. The Labute approximate surface area is 137 Å². The predicted molar refractivity (Wildman–Crippen MR) is 89.9 cm³/mol. The number of hydrogen-bond acceptors (Lipinski definition) is 5. The molecule has 0 atom stereocenters. The molecule has 1 rings (SSSR count). The van der Waals surface area contributed by atoms with Gasteiger partial charge in [0.2, 0.25) is 0 Å². The Morgan fingerprint density at radius 1 is 1.26 bits per heavy atom. The van der Waals surface area contributed by atoms with E-state index in [0.29, 0.717) is 17.6 Å². The van der Waals surface area contributed by atoms with Crippen molar-refractivity contribution in [3.05, 3.63) is 29.3 Å². The Balaban J connectivity index is 3.17. The first-order chi connectivity index (χ1) is 10.3. The van der Waals surface area contributed by atoms with Crippen LogP contribution in [0.5, 0.6) is 0 Å². The SMILES string of the molecule is CN(C)Cc1cc(C(=O)O)ccc1B(O)OC(C)(C)C(C)(C)O. The minimum absolute atomic E-state index is 0.152. The number of hydrogen-bond donors (Lipinski definition) is 3. The van der Waals surface area contributed by atoms with Crippen LogP contribution in [-0.4, -0.2) is 58.5 Å². The van der Waals surface area contributed by atoms with Crippen molar-refractivity contribution in [1.82, 2.24) is 4.90 Å². The van der Waals surface area contributed by atoms with Crippen LogP contribution < -0.4 is 5.46 Å². The summed E-state index contributed by atoms with van der Waals surface area (Å²) in [6, 6.07) is 4.51. The van der Waals surface area contributed by atoms with E-state index in [9.17, 15) is 14.9 Å². The average Bonchev–Trinajstić information content (AvgIpc) is 2.35. The van der Waals surface area contributed by atoms with Gasteiger partial charge in [-0.05, 0) is 64.9 Å². The van der Waals surface area contributed by atoms with E-state index >= 15 is 0 Å². The van der Waals surface area contributed by atoms with Crippen LogP contribution in [0, 0.1) is 0 Å². The molecular formula is C16H26BNO5. The van der Waals surface area contributed by atoms with Crippen LogP contribution in [0.2, 0.25) is 0 Å². The zero-order valence-electron chi connectivity index (χ0n) is 14.6. The van der Waals surface area contributed by atoms with E-state index in [-0.39, 0.29) is 5.56 Å². The molecule has 23 heavy (non-hydrogen) atoms. The van der Waals surface area contributed by atoms with Gasteiger partial charge in [0.15, 0.2) is 0 Å². The van der Waals surface area contributed by atoms with Crippen LogP contribution in [-0.2, 0) is 11.2 Å². The van der Waals surface area contributed by atoms with Crippen LogP contribution in [0.15, 0.2) is 18.2 Å². The zero-order chi connectivity index (χ0) is 18.0. The lowest BCUT2D eigenvalue weighted by Gasteiger charge is -2.38. The third kappa shape index (κ3) is 5.04. The number of carboxylic acids is 1. The molecule has 3 N–H and O–H groups in total. The van der Waals surface area contributed by atoms with Crippen molar-refractivity contribution in [2.24, 2.45) is 0 Å².